The van der Waals surface area contributed by atoms with E-state index in [9.17, 15) is 8.42 Å². The molecule has 0 heterocycles. The third-order valence-corrected chi connectivity index (χ3v) is 2.63. The highest BCUT2D eigenvalue weighted by Gasteiger charge is 2.13. The van der Waals surface area contributed by atoms with Crippen LogP contribution in [0.5, 0.6) is 0 Å². The SMILES string of the molecule is C=Cc1cc(Cl)ccc1S(=O)(=O)O. The fourth-order valence-corrected chi connectivity index (χ4v) is 1.77. The molecule has 0 amide bonds. The fourth-order valence-electron chi connectivity index (χ4n) is 0.914. The van der Waals surface area contributed by atoms with Gasteiger partial charge in [-0.15, -0.1) is 0 Å². The monoisotopic (exact) mass is 218 g/mol. The average Bonchev–Trinajstić information content (AvgIpc) is 2.01. The Bertz CT molecular complexity index is 437. The van der Waals surface area contributed by atoms with Gasteiger partial charge in [0, 0.05) is 5.02 Å². The van der Waals surface area contributed by atoms with Gasteiger partial charge in [0.2, 0.25) is 0 Å². The predicted molar refractivity (Wildman–Crippen MR) is 51.4 cm³/mol. The smallest absolute Gasteiger partial charge is 0.282 e. The Morgan fingerprint density at radius 1 is 1.46 bits per heavy atom. The van der Waals surface area contributed by atoms with E-state index in [1.54, 1.807) is 0 Å². The minimum atomic E-state index is -4.19. The molecule has 1 rings (SSSR count). The third-order valence-electron chi connectivity index (χ3n) is 1.47. The molecule has 0 radical (unpaired) electrons. The van der Waals surface area contributed by atoms with E-state index in [1.165, 1.54) is 24.3 Å². The van der Waals surface area contributed by atoms with E-state index in [4.69, 9.17) is 16.2 Å². The highest BCUT2D eigenvalue weighted by molar-refractivity contribution is 7.85. The maximum Gasteiger partial charge on any atom is 0.295 e. The zero-order valence-corrected chi connectivity index (χ0v) is 8.14. The van der Waals surface area contributed by atoms with Gasteiger partial charge in [0.1, 0.15) is 4.90 Å². The van der Waals surface area contributed by atoms with Crippen LogP contribution < -0.4 is 0 Å². The molecule has 0 aliphatic rings. The van der Waals surface area contributed by atoms with Gasteiger partial charge in [0.05, 0.1) is 0 Å². The van der Waals surface area contributed by atoms with E-state index in [-0.39, 0.29) is 10.5 Å². The first kappa shape index (κ1) is 10.2. The molecule has 13 heavy (non-hydrogen) atoms. The standard InChI is InChI=1S/C8H7ClO3S/c1-2-6-5-7(9)3-4-8(6)13(10,11)12/h2-5H,1H2,(H,10,11,12). The molecule has 1 aromatic rings. The van der Waals surface area contributed by atoms with Gasteiger partial charge in [0.15, 0.2) is 0 Å². The van der Waals surface area contributed by atoms with Crippen LogP contribution in [-0.2, 0) is 10.1 Å². The van der Waals surface area contributed by atoms with Gasteiger partial charge in [-0.3, -0.25) is 4.55 Å². The topological polar surface area (TPSA) is 54.4 Å². The number of rotatable bonds is 2. The number of halogens is 1. The Hall–Kier alpha value is -0.840. The molecule has 0 atom stereocenters. The van der Waals surface area contributed by atoms with Gasteiger partial charge in [-0.05, 0) is 23.8 Å². The number of hydrogen-bond donors (Lipinski definition) is 1. The van der Waals surface area contributed by atoms with Crippen LogP contribution in [0, 0.1) is 0 Å². The van der Waals surface area contributed by atoms with E-state index >= 15 is 0 Å². The largest absolute Gasteiger partial charge is 0.295 e. The maximum absolute atomic E-state index is 10.8. The predicted octanol–water partition coefficient (Wildman–Crippen LogP) is 2.23. The third kappa shape index (κ3) is 2.30. The molecule has 0 aromatic heterocycles. The molecule has 1 N–H and O–H groups in total. The molecular formula is C8H7ClO3S. The summed E-state index contributed by atoms with van der Waals surface area (Å²) in [7, 11) is -4.19. The molecule has 1 aromatic carbocycles. The van der Waals surface area contributed by atoms with Crippen molar-refractivity contribution in [1.82, 2.24) is 0 Å². The minimum Gasteiger partial charge on any atom is -0.282 e. The van der Waals surface area contributed by atoms with Crippen LogP contribution in [0.4, 0.5) is 0 Å². The second-order valence-electron chi connectivity index (χ2n) is 2.36. The first-order valence-electron chi connectivity index (χ1n) is 3.34. The summed E-state index contributed by atoms with van der Waals surface area (Å²) >= 11 is 5.62. The van der Waals surface area contributed by atoms with Gasteiger partial charge in [-0.2, -0.15) is 8.42 Å². The summed E-state index contributed by atoms with van der Waals surface area (Å²) < 4.78 is 30.4. The molecule has 0 fully saturated rings. The van der Waals surface area contributed by atoms with Crippen molar-refractivity contribution in [3.8, 4) is 0 Å². The van der Waals surface area contributed by atoms with Crippen LogP contribution in [0.15, 0.2) is 29.7 Å². The first-order chi connectivity index (χ1) is 5.95. The number of hydrogen-bond acceptors (Lipinski definition) is 2. The van der Waals surface area contributed by atoms with Crippen molar-refractivity contribution in [2.75, 3.05) is 0 Å². The minimum absolute atomic E-state index is 0.188. The summed E-state index contributed by atoms with van der Waals surface area (Å²) in [5.41, 5.74) is 0.287. The van der Waals surface area contributed by atoms with E-state index in [0.717, 1.165) is 0 Å². The van der Waals surface area contributed by atoms with E-state index in [0.29, 0.717) is 5.02 Å². The van der Waals surface area contributed by atoms with E-state index in [2.05, 4.69) is 6.58 Å². The Morgan fingerprint density at radius 2 is 2.08 bits per heavy atom. The van der Waals surface area contributed by atoms with Crippen LogP contribution in [0.1, 0.15) is 5.56 Å². The summed E-state index contributed by atoms with van der Waals surface area (Å²) in [6, 6.07) is 4.03. The molecule has 0 unspecified atom stereocenters. The number of benzene rings is 1. The van der Waals surface area contributed by atoms with Crippen molar-refractivity contribution in [2.45, 2.75) is 4.90 Å². The quantitative estimate of drug-likeness (QED) is 0.775. The molecule has 70 valence electrons. The summed E-state index contributed by atoms with van der Waals surface area (Å²) in [6.45, 7) is 3.41. The zero-order valence-electron chi connectivity index (χ0n) is 6.57. The van der Waals surface area contributed by atoms with Crippen LogP contribution in [-0.4, -0.2) is 13.0 Å². The van der Waals surface area contributed by atoms with Crippen molar-refractivity contribution in [2.24, 2.45) is 0 Å². The molecule has 0 bridgehead atoms. The zero-order chi connectivity index (χ0) is 10.1. The highest BCUT2D eigenvalue weighted by atomic mass is 35.5. The lowest BCUT2D eigenvalue weighted by molar-refractivity contribution is 0.483. The Morgan fingerprint density at radius 3 is 2.54 bits per heavy atom. The highest BCUT2D eigenvalue weighted by Crippen LogP contribution is 2.20. The van der Waals surface area contributed by atoms with E-state index in [1.807, 2.05) is 0 Å². The van der Waals surface area contributed by atoms with Crippen molar-refractivity contribution < 1.29 is 13.0 Å². The molecule has 0 aliphatic carbocycles. The summed E-state index contributed by atoms with van der Waals surface area (Å²) in [6.07, 6.45) is 1.31. The van der Waals surface area contributed by atoms with Gasteiger partial charge in [0.25, 0.3) is 10.1 Å². The Labute approximate surface area is 81.4 Å². The maximum atomic E-state index is 10.8. The van der Waals surface area contributed by atoms with Crippen molar-refractivity contribution in [1.29, 1.82) is 0 Å². The average molecular weight is 219 g/mol. The van der Waals surface area contributed by atoms with Crippen LogP contribution in [0.25, 0.3) is 6.08 Å². The second kappa shape index (κ2) is 3.49. The summed E-state index contributed by atoms with van der Waals surface area (Å²) in [5, 5.41) is 0.391. The van der Waals surface area contributed by atoms with Crippen LogP contribution in [0.3, 0.4) is 0 Å². The molecule has 0 saturated carbocycles. The van der Waals surface area contributed by atoms with Gasteiger partial charge >= 0.3 is 0 Å². The van der Waals surface area contributed by atoms with Crippen LogP contribution >= 0.6 is 11.6 Å². The van der Waals surface area contributed by atoms with Gasteiger partial charge < -0.3 is 0 Å². The first-order valence-corrected chi connectivity index (χ1v) is 5.16. The fraction of sp³-hybridized carbons (Fsp3) is 0. The molecular weight excluding hydrogens is 212 g/mol. The Balaban J connectivity index is 3.47. The van der Waals surface area contributed by atoms with Crippen molar-refractivity contribution in [3.63, 3.8) is 0 Å². The Kier molecular flexibility index (Phi) is 2.75. The van der Waals surface area contributed by atoms with E-state index < -0.39 is 10.1 Å². The summed E-state index contributed by atoms with van der Waals surface area (Å²) in [5.74, 6) is 0. The lowest BCUT2D eigenvalue weighted by Crippen LogP contribution is -2.00. The normalized spacial score (nSPS) is 11.2. The molecule has 0 aliphatic heterocycles. The van der Waals surface area contributed by atoms with Crippen molar-refractivity contribution >= 4 is 27.8 Å². The van der Waals surface area contributed by atoms with Gasteiger partial charge in [-0.1, -0.05) is 24.3 Å². The van der Waals surface area contributed by atoms with Gasteiger partial charge in [-0.25, -0.2) is 0 Å². The lowest BCUT2D eigenvalue weighted by atomic mass is 10.2. The molecule has 0 saturated heterocycles. The summed E-state index contributed by atoms with van der Waals surface area (Å²) in [4.78, 5) is -0.188. The second-order valence-corrected chi connectivity index (χ2v) is 4.19. The van der Waals surface area contributed by atoms with Crippen molar-refractivity contribution in [3.05, 3.63) is 35.4 Å². The van der Waals surface area contributed by atoms with Crippen LogP contribution in [0.2, 0.25) is 5.02 Å². The molecule has 0 spiro atoms. The lowest BCUT2D eigenvalue weighted by Gasteiger charge is -2.02. The molecule has 5 heteroatoms. The molecule has 3 nitrogen and oxygen atoms in total.